The predicted octanol–water partition coefficient (Wildman–Crippen LogP) is 4.20. The van der Waals surface area contributed by atoms with Crippen LogP contribution in [-0.2, 0) is 11.3 Å². The summed E-state index contributed by atoms with van der Waals surface area (Å²) < 4.78 is 2.76. The molecule has 10 heteroatoms. The largest absolute Gasteiger partial charge is 0.341 e. The fraction of sp³-hybridized carbons (Fsp3) is 0.520. The van der Waals surface area contributed by atoms with Gasteiger partial charge in [-0.1, -0.05) is 26.7 Å². The summed E-state index contributed by atoms with van der Waals surface area (Å²) in [4.78, 5) is 47.2. The number of benzene rings is 1. The van der Waals surface area contributed by atoms with E-state index in [1.54, 1.807) is 10.8 Å². The van der Waals surface area contributed by atoms with Gasteiger partial charge >= 0.3 is 12.1 Å². The van der Waals surface area contributed by atoms with Crippen molar-refractivity contribution in [3.63, 3.8) is 0 Å². The second-order valence-electron chi connectivity index (χ2n) is 9.26. The summed E-state index contributed by atoms with van der Waals surface area (Å²) in [5.41, 5.74) is 1.61. The molecule has 1 fully saturated rings. The van der Waals surface area contributed by atoms with Gasteiger partial charge in [-0.3, -0.25) is 9.36 Å². The summed E-state index contributed by atoms with van der Waals surface area (Å²) in [6, 6.07) is 6.63. The molecule has 3 heterocycles. The normalized spacial score (nSPS) is 17.0. The lowest BCUT2D eigenvalue weighted by molar-refractivity contribution is -0.136. The molecule has 2 aliphatic rings. The highest BCUT2D eigenvalue weighted by Crippen LogP contribution is 2.27. The third-order valence-electron chi connectivity index (χ3n) is 7.17. The Morgan fingerprint density at radius 3 is 2.40 bits per heavy atom. The van der Waals surface area contributed by atoms with Crippen LogP contribution in [0.5, 0.6) is 0 Å². The molecular formula is C25H33IN6O3. The van der Waals surface area contributed by atoms with E-state index >= 15 is 0 Å². The fourth-order valence-corrected chi connectivity index (χ4v) is 5.46. The molecule has 1 saturated heterocycles. The highest BCUT2D eigenvalue weighted by molar-refractivity contribution is 14.1. The molecule has 1 aromatic heterocycles. The summed E-state index contributed by atoms with van der Waals surface area (Å²) in [7, 11) is 0. The maximum atomic E-state index is 13.6. The molecule has 2 aliphatic heterocycles. The van der Waals surface area contributed by atoms with Crippen molar-refractivity contribution < 1.29 is 14.4 Å². The summed E-state index contributed by atoms with van der Waals surface area (Å²) in [6.07, 6.45) is 4.79. The number of likely N-dealkylation sites (tertiary alicyclic amines) is 1. The number of hydrogen-bond donors (Lipinski definition) is 2. The number of aryl methyl sites for hydroxylation is 1. The fourth-order valence-electron chi connectivity index (χ4n) is 5.10. The molecule has 188 valence electrons. The first-order valence-electron chi connectivity index (χ1n) is 12.3. The quantitative estimate of drug-likeness (QED) is 0.471. The molecule has 4 rings (SSSR count). The average molecular weight is 592 g/mol. The van der Waals surface area contributed by atoms with E-state index in [1.165, 1.54) is 0 Å². The molecule has 2 aromatic rings. The molecule has 0 bridgehead atoms. The zero-order valence-electron chi connectivity index (χ0n) is 20.5. The number of halogens is 1. The Kier molecular flexibility index (Phi) is 7.98. The van der Waals surface area contributed by atoms with Crippen LogP contribution in [0.3, 0.4) is 0 Å². The number of urea groups is 1. The summed E-state index contributed by atoms with van der Waals surface area (Å²) in [5.74, 6) is 0.709. The summed E-state index contributed by atoms with van der Waals surface area (Å²) in [6.45, 7) is 7.63. The monoisotopic (exact) mass is 592 g/mol. The Hall–Kier alpha value is -2.63. The maximum Gasteiger partial charge on any atom is 0.330 e. The molecule has 0 spiro atoms. The van der Waals surface area contributed by atoms with Crippen LogP contribution in [0.2, 0.25) is 0 Å². The highest BCUT2D eigenvalue weighted by atomic mass is 127. The zero-order valence-corrected chi connectivity index (χ0v) is 22.6. The van der Waals surface area contributed by atoms with Gasteiger partial charge < -0.3 is 20.4 Å². The van der Waals surface area contributed by atoms with Crippen LogP contribution in [0.4, 0.5) is 15.3 Å². The van der Waals surface area contributed by atoms with Gasteiger partial charge in [-0.2, -0.15) is 0 Å². The smallest absolute Gasteiger partial charge is 0.330 e. The molecular weight excluding hydrogens is 559 g/mol. The van der Waals surface area contributed by atoms with E-state index in [1.807, 2.05) is 54.8 Å². The van der Waals surface area contributed by atoms with Gasteiger partial charge in [-0.25, -0.2) is 14.6 Å². The number of aromatic nitrogens is 2. The first-order chi connectivity index (χ1) is 16.8. The minimum atomic E-state index is -0.590. The number of nitrogens with zero attached hydrogens (tertiary/aromatic N) is 4. The minimum Gasteiger partial charge on any atom is -0.341 e. The van der Waals surface area contributed by atoms with Gasteiger partial charge in [0.1, 0.15) is 11.9 Å². The van der Waals surface area contributed by atoms with Crippen molar-refractivity contribution in [1.29, 1.82) is 0 Å². The van der Waals surface area contributed by atoms with E-state index < -0.39 is 6.04 Å². The zero-order chi connectivity index (χ0) is 25.1. The summed E-state index contributed by atoms with van der Waals surface area (Å²) >= 11 is 2.21. The van der Waals surface area contributed by atoms with Crippen LogP contribution in [0.1, 0.15) is 51.0 Å². The molecule has 4 amide bonds. The van der Waals surface area contributed by atoms with Gasteiger partial charge in [0.15, 0.2) is 0 Å². The van der Waals surface area contributed by atoms with Crippen molar-refractivity contribution in [2.75, 3.05) is 18.4 Å². The van der Waals surface area contributed by atoms with Crippen LogP contribution < -0.4 is 10.6 Å². The van der Waals surface area contributed by atoms with Crippen molar-refractivity contribution in [1.82, 2.24) is 24.7 Å². The number of hydrogen-bond acceptors (Lipinski definition) is 4. The molecule has 2 N–H and O–H groups in total. The van der Waals surface area contributed by atoms with E-state index in [0.717, 1.165) is 34.9 Å². The lowest BCUT2D eigenvalue weighted by Crippen LogP contribution is -2.56. The van der Waals surface area contributed by atoms with E-state index in [4.69, 9.17) is 0 Å². The molecule has 1 unspecified atom stereocenters. The highest BCUT2D eigenvalue weighted by Gasteiger charge is 2.38. The van der Waals surface area contributed by atoms with E-state index in [9.17, 15) is 14.4 Å². The van der Waals surface area contributed by atoms with Gasteiger partial charge in [-0.05, 0) is 72.5 Å². The molecule has 1 atom stereocenters. The van der Waals surface area contributed by atoms with Gasteiger partial charge in [0.25, 0.3) is 0 Å². The third kappa shape index (κ3) is 5.46. The van der Waals surface area contributed by atoms with Crippen LogP contribution in [0.15, 0.2) is 30.5 Å². The molecule has 0 radical (unpaired) electrons. The van der Waals surface area contributed by atoms with E-state index in [2.05, 4.69) is 38.2 Å². The SMILES string of the molecule is CCC(CC)C(NC(=O)Nc1ccc(I)cc1)C(=O)N1CCC(N2Cc3cnc(C)n3C2=O)CC1. The minimum absolute atomic E-state index is 0.0244. The second-order valence-corrected chi connectivity index (χ2v) is 10.5. The number of piperidine rings is 1. The van der Waals surface area contributed by atoms with E-state index in [-0.39, 0.29) is 29.9 Å². The molecule has 9 nitrogen and oxygen atoms in total. The standard InChI is InChI=1S/C25H33IN6O3/c1-4-17(5-2)22(29-24(34)28-19-8-6-18(26)7-9-19)23(33)30-12-10-20(11-13-30)31-15-21-14-27-16(3)32(21)25(31)35/h6-9,14,17,20,22H,4-5,10-13,15H2,1-3H3,(H2,28,29,34). The predicted molar refractivity (Wildman–Crippen MR) is 142 cm³/mol. The van der Waals surface area contributed by atoms with Gasteiger partial charge in [0, 0.05) is 28.4 Å². The van der Waals surface area contributed by atoms with Crippen LogP contribution in [0, 0.1) is 16.4 Å². The third-order valence-corrected chi connectivity index (χ3v) is 7.89. The van der Waals surface area contributed by atoms with Gasteiger partial charge in [-0.15, -0.1) is 0 Å². The molecule has 0 aliphatic carbocycles. The second kappa shape index (κ2) is 11.0. The Balaban J connectivity index is 1.37. The maximum absolute atomic E-state index is 13.6. The van der Waals surface area contributed by atoms with Crippen molar-refractivity contribution in [2.45, 2.75) is 65.1 Å². The number of carbonyl (C=O) groups excluding carboxylic acids is 3. The summed E-state index contributed by atoms with van der Waals surface area (Å²) in [5, 5.41) is 5.79. The van der Waals surface area contributed by atoms with Crippen LogP contribution >= 0.6 is 22.6 Å². The number of amides is 4. The Labute approximate surface area is 219 Å². The number of fused-ring (bicyclic) bond motifs is 1. The van der Waals surface area contributed by atoms with Crippen LogP contribution in [0.25, 0.3) is 0 Å². The molecule has 0 saturated carbocycles. The Bertz CT molecular complexity index is 1070. The average Bonchev–Trinajstić information content (AvgIpc) is 3.39. The van der Waals surface area contributed by atoms with Gasteiger partial charge in [0.2, 0.25) is 5.91 Å². The van der Waals surface area contributed by atoms with Gasteiger partial charge in [0.05, 0.1) is 18.4 Å². The lowest BCUT2D eigenvalue weighted by Gasteiger charge is -2.38. The Morgan fingerprint density at radius 1 is 1.14 bits per heavy atom. The van der Waals surface area contributed by atoms with Crippen molar-refractivity contribution in [3.8, 4) is 0 Å². The molecule has 35 heavy (non-hydrogen) atoms. The molecule has 1 aromatic carbocycles. The topological polar surface area (TPSA) is 99.6 Å². The van der Waals surface area contributed by atoms with Crippen molar-refractivity contribution in [2.24, 2.45) is 5.92 Å². The first-order valence-corrected chi connectivity index (χ1v) is 13.4. The number of nitrogens with one attached hydrogen (secondary N) is 2. The van der Waals surface area contributed by atoms with E-state index in [0.29, 0.717) is 31.1 Å². The van der Waals surface area contributed by atoms with Crippen LogP contribution in [-0.4, -0.2) is 62.5 Å². The Morgan fingerprint density at radius 2 is 1.80 bits per heavy atom. The first kappa shape index (κ1) is 25.5. The van der Waals surface area contributed by atoms with Crippen molar-refractivity contribution >= 4 is 46.2 Å². The number of carbonyl (C=O) groups is 3. The number of imidazole rings is 1. The number of rotatable bonds is 7. The lowest BCUT2D eigenvalue weighted by atomic mass is 9.92. The number of anilines is 1. The van der Waals surface area contributed by atoms with Crippen molar-refractivity contribution in [3.05, 3.63) is 45.6 Å².